The molecule has 1 aromatic rings. The lowest BCUT2D eigenvalue weighted by atomic mass is 10.2. The topological polar surface area (TPSA) is 61.4 Å². The van der Waals surface area contributed by atoms with Gasteiger partial charge in [0.2, 0.25) is 11.8 Å². The standard InChI is InChI=1S/C16H20FN3O2S/c17-12-3-1-2-4-14(12)20-7-5-13(16(20)22)19-15(21)9-11-10-23-8-6-18-11/h1-4,11,13,18H,5-10H2,(H,19,21). The van der Waals surface area contributed by atoms with Gasteiger partial charge in [0.15, 0.2) is 0 Å². The average Bonchev–Trinajstić information content (AvgIpc) is 2.90. The molecule has 0 radical (unpaired) electrons. The molecule has 124 valence electrons. The highest BCUT2D eigenvalue weighted by molar-refractivity contribution is 7.99. The van der Waals surface area contributed by atoms with Crippen LogP contribution in [0.15, 0.2) is 24.3 Å². The Balaban J connectivity index is 1.56. The number of carbonyl (C=O) groups is 2. The smallest absolute Gasteiger partial charge is 0.249 e. The number of thioether (sulfide) groups is 1. The fourth-order valence-electron chi connectivity index (χ4n) is 2.95. The van der Waals surface area contributed by atoms with E-state index in [0.29, 0.717) is 19.4 Å². The SMILES string of the molecule is O=C(CC1CSCCN1)NC1CCN(c2ccccc2F)C1=O. The lowest BCUT2D eigenvalue weighted by Crippen LogP contribution is -2.46. The van der Waals surface area contributed by atoms with Crippen LogP contribution >= 0.6 is 11.8 Å². The third-order valence-corrected chi connectivity index (χ3v) is 5.25. The number of para-hydroxylation sites is 1. The van der Waals surface area contributed by atoms with Crippen LogP contribution in [0.1, 0.15) is 12.8 Å². The van der Waals surface area contributed by atoms with Crippen molar-refractivity contribution in [3.05, 3.63) is 30.1 Å². The quantitative estimate of drug-likeness (QED) is 0.865. The van der Waals surface area contributed by atoms with Crippen molar-refractivity contribution in [3.63, 3.8) is 0 Å². The molecule has 3 rings (SSSR count). The third kappa shape index (κ3) is 3.84. The van der Waals surface area contributed by atoms with Crippen LogP contribution in [0.5, 0.6) is 0 Å². The molecule has 23 heavy (non-hydrogen) atoms. The molecule has 2 aliphatic rings. The van der Waals surface area contributed by atoms with Gasteiger partial charge in [0.1, 0.15) is 11.9 Å². The summed E-state index contributed by atoms with van der Waals surface area (Å²) in [6.45, 7) is 1.33. The van der Waals surface area contributed by atoms with Crippen LogP contribution in [0.2, 0.25) is 0 Å². The van der Waals surface area contributed by atoms with Gasteiger partial charge in [-0.1, -0.05) is 12.1 Å². The molecule has 0 saturated carbocycles. The Morgan fingerprint density at radius 1 is 1.43 bits per heavy atom. The molecule has 1 aromatic carbocycles. The molecular formula is C16H20FN3O2S. The zero-order valence-electron chi connectivity index (χ0n) is 12.8. The van der Waals surface area contributed by atoms with E-state index in [1.54, 1.807) is 18.2 Å². The van der Waals surface area contributed by atoms with Crippen LogP contribution in [-0.2, 0) is 9.59 Å². The fraction of sp³-hybridized carbons (Fsp3) is 0.500. The van der Waals surface area contributed by atoms with Crippen molar-refractivity contribution >= 4 is 29.3 Å². The van der Waals surface area contributed by atoms with Crippen LogP contribution in [0.25, 0.3) is 0 Å². The Morgan fingerprint density at radius 2 is 2.26 bits per heavy atom. The van der Waals surface area contributed by atoms with Gasteiger partial charge >= 0.3 is 0 Å². The Morgan fingerprint density at radius 3 is 3.00 bits per heavy atom. The summed E-state index contributed by atoms with van der Waals surface area (Å²) in [5.74, 6) is 1.19. The number of amides is 2. The molecule has 0 bridgehead atoms. The number of hydrogen-bond donors (Lipinski definition) is 2. The summed E-state index contributed by atoms with van der Waals surface area (Å²) in [6.07, 6.45) is 0.877. The van der Waals surface area contributed by atoms with Gasteiger partial charge in [-0.2, -0.15) is 11.8 Å². The van der Waals surface area contributed by atoms with Crippen LogP contribution in [0, 0.1) is 5.82 Å². The van der Waals surface area contributed by atoms with E-state index in [9.17, 15) is 14.0 Å². The van der Waals surface area contributed by atoms with Gasteiger partial charge in [-0.3, -0.25) is 9.59 Å². The first kappa shape index (κ1) is 16.3. The van der Waals surface area contributed by atoms with Crippen molar-refractivity contribution in [1.82, 2.24) is 10.6 Å². The summed E-state index contributed by atoms with van der Waals surface area (Å²) in [7, 11) is 0. The second-order valence-corrected chi connectivity index (χ2v) is 6.93. The maximum absolute atomic E-state index is 13.8. The maximum atomic E-state index is 13.8. The van der Waals surface area contributed by atoms with E-state index in [0.717, 1.165) is 18.1 Å². The molecule has 2 aliphatic heterocycles. The van der Waals surface area contributed by atoms with E-state index in [2.05, 4.69) is 10.6 Å². The molecular weight excluding hydrogens is 317 g/mol. The highest BCUT2D eigenvalue weighted by Gasteiger charge is 2.35. The van der Waals surface area contributed by atoms with E-state index in [-0.39, 0.29) is 23.5 Å². The highest BCUT2D eigenvalue weighted by atomic mass is 32.2. The number of benzene rings is 1. The minimum Gasteiger partial charge on any atom is -0.344 e. The van der Waals surface area contributed by atoms with Crippen molar-refractivity contribution < 1.29 is 14.0 Å². The van der Waals surface area contributed by atoms with Crippen molar-refractivity contribution in [3.8, 4) is 0 Å². The van der Waals surface area contributed by atoms with Gasteiger partial charge in [-0.25, -0.2) is 4.39 Å². The Bertz CT molecular complexity index is 592. The van der Waals surface area contributed by atoms with Gasteiger partial charge < -0.3 is 15.5 Å². The Labute approximate surface area is 139 Å². The minimum atomic E-state index is -0.557. The molecule has 5 nitrogen and oxygen atoms in total. The number of halogens is 1. The summed E-state index contributed by atoms with van der Waals surface area (Å²) < 4.78 is 13.8. The number of anilines is 1. The molecule has 2 amide bonds. The first-order valence-electron chi connectivity index (χ1n) is 7.81. The Kier molecular flexibility index (Phi) is 5.17. The molecule has 0 spiro atoms. The number of nitrogens with one attached hydrogen (secondary N) is 2. The second-order valence-electron chi connectivity index (χ2n) is 5.78. The summed E-state index contributed by atoms with van der Waals surface area (Å²) in [5, 5.41) is 6.09. The first-order valence-corrected chi connectivity index (χ1v) is 8.97. The van der Waals surface area contributed by atoms with Crippen LogP contribution in [-0.4, -0.2) is 48.5 Å². The predicted octanol–water partition coefficient (Wildman–Crippen LogP) is 1.14. The van der Waals surface area contributed by atoms with Crippen molar-refractivity contribution in [1.29, 1.82) is 0 Å². The van der Waals surface area contributed by atoms with Crippen LogP contribution in [0.4, 0.5) is 10.1 Å². The molecule has 2 saturated heterocycles. The normalized spacial score (nSPS) is 24.7. The van der Waals surface area contributed by atoms with Crippen molar-refractivity contribution in [2.75, 3.05) is 29.5 Å². The van der Waals surface area contributed by atoms with E-state index in [4.69, 9.17) is 0 Å². The molecule has 2 N–H and O–H groups in total. The third-order valence-electron chi connectivity index (χ3n) is 4.11. The van der Waals surface area contributed by atoms with Gasteiger partial charge in [0.25, 0.3) is 0 Å². The van der Waals surface area contributed by atoms with E-state index >= 15 is 0 Å². The number of nitrogens with zero attached hydrogens (tertiary/aromatic N) is 1. The molecule has 2 unspecified atom stereocenters. The van der Waals surface area contributed by atoms with Crippen LogP contribution < -0.4 is 15.5 Å². The molecule has 0 aromatic heterocycles. The molecule has 7 heteroatoms. The number of rotatable bonds is 4. The fourth-order valence-corrected chi connectivity index (χ4v) is 3.90. The van der Waals surface area contributed by atoms with Gasteiger partial charge in [-0.15, -0.1) is 0 Å². The zero-order chi connectivity index (χ0) is 16.2. The van der Waals surface area contributed by atoms with Gasteiger partial charge in [0, 0.05) is 37.1 Å². The van der Waals surface area contributed by atoms with Crippen molar-refractivity contribution in [2.45, 2.75) is 24.9 Å². The second kappa shape index (κ2) is 7.31. The minimum absolute atomic E-state index is 0.126. The zero-order valence-corrected chi connectivity index (χ0v) is 13.6. The lowest BCUT2D eigenvalue weighted by Gasteiger charge is -2.23. The molecule has 2 fully saturated rings. The summed E-state index contributed by atoms with van der Waals surface area (Å²) >= 11 is 1.83. The summed E-state index contributed by atoms with van der Waals surface area (Å²) in [4.78, 5) is 25.9. The lowest BCUT2D eigenvalue weighted by molar-refractivity contribution is -0.126. The summed E-state index contributed by atoms with van der Waals surface area (Å²) in [6, 6.07) is 5.81. The molecule has 2 heterocycles. The maximum Gasteiger partial charge on any atom is 0.249 e. The summed E-state index contributed by atoms with van der Waals surface area (Å²) in [5.41, 5.74) is 0.277. The molecule has 2 atom stereocenters. The van der Waals surface area contributed by atoms with Crippen molar-refractivity contribution in [2.24, 2.45) is 0 Å². The average molecular weight is 337 g/mol. The number of hydrogen-bond acceptors (Lipinski definition) is 4. The van der Waals surface area contributed by atoms with Gasteiger partial charge in [-0.05, 0) is 18.6 Å². The Hall–Kier alpha value is -1.60. The predicted molar refractivity (Wildman–Crippen MR) is 89.0 cm³/mol. The first-order chi connectivity index (χ1) is 11.1. The molecule has 0 aliphatic carbocycles. The van der Waals surface area contributed by atoms with E-state index in [1.165, 1.54) is 11.0 Å². The largest absolute Gasteiger partial charge is 0.344 e. The highest BCUT2D eigenvalue weighted by Crippen LogP contribution is 2.24. The van der Waals surface area contributed by atoms with E-state index < -0.39 is 11.9 Å². The van der Waals surface area contributed by atoms with Crippen LogP contribution in [0.3, 0.4) is 0 Å². The van der Waals surface area contributed by atoms with E-state index in [1.807, 2.05) is 11.8 Å². The monoisotopic (exact) mass is 337 g/mol. The number of carbonyl (C=O) groups excluding carboxylic acids is 2. The van der Waals surface area contributed by atoms with Gasteiger partial charge in [0.05, 0.1) is 5.69 Å².